The molecule has 0 aliphatic rings. The lowest BCUT2D eigenvalue weighted by atomic mass is 10.2. The van der Waals surface area contributed by atoms with Crippen molar-refractivity contribution >= 4 is 5.97 Å². The maximum atomic E-state index is 11.4. The largest absolute Gasteiger partial charge is 0.463 e. The van der Waals surface area contributed by atoms with Crippen molar-refractivity contribution in [3.63, 3.8) is 0 Å². The molecular formula is C12H15N3O3. The van der Waals surface area contributed by atoms with E-state index in [1.807, 2.05) is 0 Å². The lowest BCUT2D eigenvalue weighted by Crippen LogP contribution is -2.18. The lowest BCUT2D eigenvalue weighted by molar-refractivity contribution is 0.0563. The van der Waals surface area contributed by atoms with E-state index < -0.39 is 5.97 Å². The number of ether oxygens (including phenoxy) is 1. The van der Waals surface area contributed by atoms with Crippen molar-refractivity contribution in [2.75, 3.05) is 13.7 Å². The van der Waals surface area contributed by atoms with Gasteiger partial charge in [-0.15, -0.1) is 0 Å². The molecule has 0 amide bonds. The standard InChI is InChI=1S/C12H15N3O3/c1-17-12(16)11-9(3-5-18-11)6-13-4-2-10-7-14-8-15-10/h3,5,7-8,13H,2,4,6H2,1H3,(H,14,15). The monoisotopic (exact) mass is 249 g/mol. The van der Waals surface area contributed by atoms with E-state index in [4.69, 9.17) is 4.42 Å². The average molecular weight is 249 g/mol. The van der Waals surface area contributed by atoms with Gasteiger partial charge in [0.25, 0.3) is 0 Å². The Morgan fingerprint density at radius 1 is 1.61 bits per heavy atom. The highest BCUT2D eigenvalue weighted by Gasteiger charge is 2.14. The molecule has 0 bridgehead atoms. The first-order valence-electron chi connectivity index (χ1n) is 5.64. The van der Waals surface area contributed by atoms with Crippen molar-refractivity contribution in [2.24, 2.45) is 0 Å². The molecule has 0 spiro atoms. The zero-order chi connectivity index (χ0) is 12.8. The van der Waals surface area contributed by atoms with Crippen LogP contribution in [0.5, 0.6) is 0 Å². The van der Waals surface area contributed by atoms with Gasteiger partial charge in [-0.3, -0.25) is 0 Å². The van der Waals surface area contributed by atoms with Crippen LogP contribution in [0.15, 0.2) is 29.3 Å². The molecule has 2 rings (SSSR count). The summed E-state index contributed by atoms with van der Waals surface area (Å²) in [6.07, 6.45) is 5.78. The van der Waals surface area contributed by atoms with E-state index in [9.17, 15) is 4.79 Å². The Balaban J connectivity index is 1.80. The molecule has 0 saturated carbocycles. The van der Waals surface area contributed by atoms with Gasteiger partial charge in [0, 0.05) is 37.0 Å². The van der Waals surface area contributed by atoms with Crippen molar-refractivity contribution in [3.05, 3.63) is 41.9 Å². The lowest BCUT2D eigenvalue weighted by Gasteiger charge is -2.03. The minimum Gasteiger partial charge on any atom is -0.463 e. The van der Waals surface area contributed by atoms with Crippen molar-refractivity contribution < 1.29 is 13.9 Å². The number of furan rings is 1. The van der Waals surface area contributed by atoms with Gasteiger partial charge in [0.15, 0.2) is 0 Å². The smallest absolute Gasteiger partial charge is 0.374 e. The molecule has 2 aromatic heterocycles. The third-order valence-corrected chi connectivity index (χ3v) is 2.56. The second-order valence-corrected chi connectivity index (χ2v) is 3.77. The summed E-state index contributed by atoms with van der Waals surface area (Å²) < 4.78 is 9.72. The Bertz CT molecular complexity index is 490. The summed E-state index contributed by atoms with van der Waals surface area (Å²) in [4.78, 5) is 18.3. The predicted octanol–water partition coefficient (Wildman–Crippen LogP) is 1.12. The van der Waals surface area contributed by atoms with Gasteiger partial charge in [-0.05, 0) is 6.07 Å². The molecule has 2 aromatic rings. The second-order valence-electron chi connectivity index (χ2n) is 3.77. The normalized spacial score (nSPS) is 10.5. The van der Waals surface area contributed by atoms with Gasteiger partial charge >= 0.3 is 5.97 Å². The molecule has 0 aliphatic carbocycles. The van der Waals surface area contributed by atoms with Crippen LogP contribution in [0.2, 0.25) is 0 Å². The topological polar surface area (TPSA) is 80.2 Å². The third-order valence-electron chi connectivity index (χ3n) is 2.56. The van der Waals surface area contributed by atoms with Gasteiger partial charge < -0.3 is 19.5 Å². The summed E-state index contributed by atoms with van der Waals surface area (Å²) in [5, 5.41) is 3.23. The van der Waals surface area contributed by atoms with Crippen molar-refractivity contribution in [2.45, 2.75) is 13.0 Å². The number of methoxy groups -OCH3 is 1. The van der Waals surface area contributed by atoms with Gasteiger partial charge in [-0.1, -0.05) is 0 Å². The Labute approximate surface area is 104 Å². The van der Waals surface area contributed by atoms with Crippen LogP contribution in [-0.4, -0.2) is 29.6 Å². The van der Waals surface area contributed by atoms with Crippen LogP contribution < -0.4 is 5.32 Å². The van der Waals surface area contributed by atoms with Gasteiger partial charge in [-0.25, -0.2) is 9.78 Å². The van der Waals surface area contributed by atoms with Gasteiger partial charge in [0.2, 0.25) is 5.76 Å². The molecule has 0 atom stereocenters. The molecule has 0 aromatic carbocycles. The van der Waals surface area contributed by atoms with Gasteiger partial charge in [0.05, 0.1) is 19.7 Å². The number of hydrogen-bond donors (Lipinski definition) is 2. The van der Waals surface area contributed by atoms with E-state index in [0.717, 1.165) is 24.2 Å². The predicted molar refractivity (Wildman–Crippen MR) is 64.0 cm³/mol. The number of rotatable bonds is 6. The van der Waals surface area contributed by atoms with E-state index in [0.29, 0.717) is 6.54 Å². The summed E-state index contributed by atoms with van der Waals surface area (Å²) in [7, 11) is 1.33. The zero-order valence-electron chi connectivity index (χ0n) is 10.1. The molecule has 0 radical (unpaired) electrons. The van der Waals surface area contributed by atoms with E-state index >= 15 is 0 Å². The number of aromatic nitrogens is 2. The van der Waals surface area contributed by atoms with E-state index in [-0.39, 0.29) is 5.76 Å². The van der Waals surface area contributed by atoms with Crippen LogP contribution in [0.25, 0.3) is 0 Å². The highest BCUT2D eigenvalue weighted by Crippen LogP contribution is 2.11. The van der Waals surface area contributed by atoms with Crippen molar-refractivity contribution in [3.8, 4) is 0 Å². The van der Waals surface area contributed by atoms with Crippen LogP contribution >= 0.6 is 0 Å². The second kappa shape index (κ2) is 6.02. The molecular weight excluding hydrogens is 234 g/mol. The first-order valence-corrected chi connectivity index (χ1v) is 5.64. The number of nitrogens with zero attached hydrogens (tertiary/aromatic N) is 1. The van der Waals surface area contributed by atoms with Crippen LogP contribution in [0.3, 0.4) is 0 Å². The summed E-state index contributed by atoms with van der Waals surface area (Å²) in [5.74, 6) is -0.197. The van der Waals surface area contributed by atoms with Crippen LogP contribution in [0.1, 0.15) is 21.8 Å². The van der Waals surface area contributed by atoms with Crippen LogP contribution in [-0.2, 0) is 17.7 Å². The van der Waals surface area contributed by atoms with E-state index in [1.165, 1.54) is 13.4 Å². The Morgan fingerprint density at radius 3 is 3.22 bits per heavy atom. The quantitative estimate of drug-likeness (QED) is 0.592. The highest BCUT2D eigenvalue weighted by molar-refractivity contribution is 5.87. The number of H-pyrrole nitrogens is 1. The number of hydrogen-bond acceptors (Lipinski definition) is 5. The molecule has 0 fully saturated rings. The molecule has 0 aliphatic heterocycles. The van der Waals surface area contributed by atoms with Gasteiger partial charge in [-0.2, -0.15) is 0 Å². The number of nitrogens with one attached hydrogen (secondary N) is 2. The molecule has 6 heteroatoms. The SMILES string of the molecule is COC(=O)c1occc1CNCCc1cnc[nH]1. The average Bonchev–Trinajstić information content (AvgIpc) is 3.04. The molecule has 0 saturated heterocycles. The van der Waals surface area contributed by atoms with E-state index in [2.05, 4.69) is 20.0 Å². The number of aromatic amines is 1. The fraction of sp³-hybridized carbons (Fsp3) is 0.333. The Kier molecular flexibility index (Phi) is 4.14. The summed E-state index contributed by atoms with van der Waals surface area (Å²) >= 11 is 0. The minimum atomic E-state index is -0.453. The fourth-order valence-electron chi connectivity index (χ4n) is 1.61. The molecule has 2 N–H and O–H groups in total. The minimum absolute atomic E-state index is 0.256. The fourth-order valence-corrected chi connectivity index (χ4v) is 1.61. The maximum Gasteiger partial charge on any atom is 0.374 e. The van der Waals surface area contributed by atoms with Crippen LogP contribution in [0.4, 0.5) is 0 Å². The molecule has 6 nitrogen and oxygen atoms in total. The maximum absolute atomic E-state index is 11.4. The Hall–Kier alpha value is -2.08. The highest BCUT2D eigenvalue weighted by atomic mass is 16.5. The number of imidazole rings is 1. The summed E-state index contributed by atoms with van der Waals surface area (Å²) in [5.41, 5.74) is 1.87. The van der Waals surface area contributed by atoms with Gasteiger partial charge in [0.1, 0.15) is 0 Å². The first-order chi connectivity index (χ1) is 8.81. The van der Waals surface area contributed by atoms with Crippen LogP contribution in [0, 0.1) is 0 Å². The molecule has 0 unspecified atom stereocenters. The number of esters is 1. The first kappa shape index (κ1) is 12.4. The number of carbonyl (C=O) groups is 1. The van der Waals surface area contributed by atoms with Crippen molar-refractivity contribution in [1.29, 1.82) is 0 Å². The number of carbonyl (C=O) groups excluding carboxylic acids is 1. The summed E-state index contributed by atoms with van der Waals surface area (Å²) in [6.45, 7) is 1.35. The molecule has 96 valence electrons. The van der Waals surface area contributed by atoms with Crippen molar-refractivity contribution in [1.82, 2.24) is 15.3 Å². The van der Waals surface area contributed by atoms with E-state index in [1.54, 1.807) is 18.6 Å². The molecule has 18 heavy (non-hydrogen) atoms. The molecule has 2 heterocycles. The summed E-state index contributed by atoms with van der Waals surface area (Å²) in [6, 6.07) is 1.76. The zero-order valence-corrected chi connectivity index (χ0v) is 10.1. The Morgan fingerprint density at radius 2 is 2.50 bits per heavy atom. The third kappa shape index (κ3) is 2.98.